The van der Waals surface area contributed by atoms with Crippen LogP contribution in [0.3, 0.4) is 0 Å². The van der Waals surface area contributed by atoms with Gasteiger partial charge in [0.05, 0.1) is 31.9 Å². The number of benzene rings is 6. The molecule has 0 aliphatic carbocycles. The zero-order valence-corrected chi connectivity index (χ0v) is 38.5. The summed E-state index contributed by atoms with van der Waals surface area (Å²) in [5.74, 6) is 0.668. The number of para-hydroxylation sites is 1. The van der Waals surface area contributed by atoms with Crippen LogP contribution in [0, 0.1) is 6.85 Å². The minimum Gasteiger partial charge on any atom is -0.507 e. The van der Waals surface area contributed by atoms with Gasteiger partial charge in [-0.2, -0.15) is 0 Å². The molecule has 0 saturated heterocycles. The number of aromatic hydroxyl groups is 1. The van der Waals surface area contributed by atoms with Crippen LogP contribution < -0.4 is 0 Å². The Hall–Kier alpha value is -6.26. The molecule has 0 radical (unpaired) electrons. The van der Waals surface area contributed by atoms with Crippen LogP contribution >= 0.6 is 0 Å². The Morgan fingerprint density at radius 3 is 1.86 bits per heavy atom. The summed E-state index contributed by atoms with van der Waals surface area (Å²) in [5.41, 5.74) is 7.50. The fourth-order valence-electron chi connectivity index (χ4n) is 8.11. The fraction of sp³-hybridized carbons (Fsp3) is 0.288. The first kappa shape index (κ1) is 32.4. The molecule has 1 N–H and O–H groups in total. The summed E-state index contributed by atoms with van der Waals surface area (Å²) < 4.78 is 88.4. The van der Waals surface area contributed by atoms with Gasteiger partial charge in [0.15, 0.2) is 0 Å². The molecule has 8 aromatic rings. The van der Waals surface area contributed by atoms with Crippen molar-refractivity contribution < 1.29 is 18.8 Å². The summed E-state index contributed by atoms with van der Waals surface area (Å²) in [6, 6.07) is 28.6. The Bertz CT molecular complexity index is 3480. The standard InChI is InChI=1S/C59H63N3O/c1-37-22-24-38(25-23-37)40-28-29-60-51(33-40)42-30-41(31-43(32-42)56(2,3)4)47-20-17-21-52-53(47)61-55(48-34-44(57(5,6)7)35-50(54(48)63)59(11,12)13)62(52)45-26-27-46(39-18-15-14-16-19-39)49(36-45)58(8,9)10/h14-36,63H,1-13H3/i1D3,22D,23D,24D,25D,28D,29D,33D. The summed E-state index contributed by atoms with van der Waals surface area (Å²) in [6.45, 7) is 22.5. The first-order chi connectivity index (χ1) is 33.7. The second-order valence-corrected chi connectivity index (χ2v) is 20.7. The van der Waals surface area contributed by atoms with E-state index < -0.39 is 71.2 Å². The predicted octanol–water partition coefficient (Wildman–Crippen LogP) is 16.0. The Balaban J connectivity index is 1.46. The number of aromatic nitrogens is 3. The smallest absolute Gasteiger partial charge is 0.149 e. The molecule has 63 heavy (non-hydrogen) atoms. The van der Waals surface area contributed by atoms with Gasteiger partial charge >= 0.3 is 0 Å². The molecule has 0 aliphatic rings. The first-order valence-corrected chi connectivity index (χ1v) is 21.6. The van der Waals surface area contributed by atoms with E-state index in [0.29, 0.717) is 28.0 Å². The zero-order valence-electron chi connectivity index (χ0n) is 48.5. The van der Waals surface area contributed by atoms with Gasteiger partial charge in [0, 0.05) is 32.7 Å². The van der Waals surface area contributed by atoms with Crippen molar-refractivity contribution in [3.8, 4) is 67.5 Å². The summed E-state index contributed by atoms with van der Waals surface area (Å²) in [5, 5.41) is 12.5. The molecule has 0 amide bonds. The summed E-state index contributed by atoms with van der Waals surface area (Å²) in [6.07, 6.45) is -0.564. The molecule has 4 heteroatoms. The molecule has 0 atom stereocenters. The van der Waals surface area contributed by atoms with Gasteiger partial charge in [-0.3, -0.25) is 9.55 Å². The lowest BCUT2D eigenvalue weighted by atomic mass is 9.78. The van der Waals surface area contributed by atoms with Gasteiger partial charge in [0.2, 0.25) is 0 Å². The van der Waals surface area contributed by atoms with E-state index in [1.807, 2.05) is 75.4 Å². The lowest BCUT2D eigenvalue weighted by molar-refractivity contribution is 0.446. The topological polar surface area (TPSA) is 50.9 Å². The Morgan fingerprint density at radius 2 is 1.21 bits per heavy atom. The van der Waals surface area contributed by atoms with Crippen molar-refractivity contribution in [2.24, 2.45) is 0 Å². The number of hydrogen-bond donors (Lipinski definition) is 1. The monoisotopic (exact) mass is 840 g/mol. The van der Waals surface area contributed by atoms with Crippen LogP contribution in [0.5, 0.6) is 5.75 Å². The summed E-state index contributed by atoms with van der Waals surface area (Å²) in [7, 11) is 0. The average molecular weight is 840 g/mol. The molecule has 0 fully saturated rings. The SMILES string of the molecule is [2H]c1nc(-c2cc(-c3cccc4c3nc(-c3cc(C(C)(C)C)cc(C(C)(C)C)c3O)n4-c3ccc(-c4ccccc4)c(C(C)(C)C)c3)cc(C(C)(C)C)c2)c([2H])c(-c2c([2H])c([2H])c(C([2H])([2H])[2H])c([2H])c2[2H])c1[2H]. The maximum absolute atomic E-state index is 12.5. The van der Waals surface area contributed by atoms with Crippen molar-refractivity contribution in [1.82, 2.24) is 14.5 Å². The van der Waals surface area contributed by atoms with Gasteiger partial charge in [-0.1, -0.05) is 173 Å². The lowest BCUT2D eigenvalue weighted by Crippen LogP contribution is -2.17. The molecule has 8 rings (SSSR count). The number of pyridine rings is 1. The van der Waals surface area contributed by atoms with Gasteiger partial charge in [0.1, 0.15) is 11.6 Å². The van der Waals surface area contributed by atoms with Gasteiger partial charge in [-0.15, -0.1) is 0 Å². The molecular weight excluding hydrogens is 767 g/mol. The Labute approximate surface area is 389 Å². The van der Waals surface area contributed by atoms with Gasteiger partial charge in [-0.25, -0.2) is 4.98 Å². The van der Waals surface area contributed by atoms with Crippen LogP contribution in [0.15, 0.2) is 139 Å². The van der Waals surface area contributed by atoms with Crippen LogP contribution in [0.25, 0.3) is 72.7 Å². The molecular formula is C59H63N3O. The molecule has 0 saturated carbocycles. The van der Waals surface area contributed by atoms with Crippen molar-refractivity contribution in [2.75, 3.05) is 0 Å². The van der Waals surface area contributed by atoms with Crippen molar-refractivity contribution in [1.29, 1.82) is 0 Å². The van der Waals surface area contributed by atoms with Crippen molar-refractivity contribution >= 4 is 11.0 Å². The average Bonchev–Trinajstić information content (AvgIpc) is 3.68. The fourth-order valence-corrected chi connectivity index (χ4v) is 8.11. The first-order valence-electron chi connectivity index (χ1n) is 26.6. The van der Waals surface area contributed by atoms with Crippen LogP contribution in [0.2, 0.25) is 0 Å². The number of phenolic OH excluding ortho intramolecular Hbond substituents is 1. The van der Waals surface area contributed by atoms with Gasteiger partial charge < -0.3 is 5.11 Å². The van der Waals surface area contributed by atoms with Crippen LogP contribution in [-0.2, 0) is 21.7 Å². The zero-order chi connectivity index (χ0) is 53.8. The summed E-state index contributed by atoms with van der Waals surface area (Å²) >= 11 is 0. The number of rotatable bonds is 6. The number of phenols is 1. The molecule has 4 nitrogen and oxygen atoms in total. The quantitative estimate of drug-likeness (QED) is 0.181. The third-order valence-electron chi connectivity index (χ3n) is 11.7. The second-order valence-electron chi connectivity index (χ2n) is 20.7. The minimum atomic E-state index is -2.96. The van der Waals surface area contributed by atoms with E-state index in [-0.39, 0.29) is 27.8 Å². The van der Waals surface area contributed by atoms with E-state index in [9.17, 15) is 6.48 Å². The maximum atomic E-state index is 12.5. The number of nitrogens with zero attached hydrogens (tertiary/aromatic N) is 3. The summed E-state index contributed by atoms with van der Waals surface area (Å²) in [4.78, 5) is 10.0. The highest BCUT2D eigenvalue weighted by Crippen LogP contribution is 2.46. The lowest BCUT2D eigenvalue weighted by Gasteiger charge is -2.28. The highest BCUT2D eigenvalue weighted by Gasteiger charge is 2.30. The normalized spacial score (nSPS) is 15.0. The number of fused-ring (bicyclic) bond motifs is 1. The van der Waals surface area contributed by atoms with E-state index in [0.717, 1.165) is 50.1 Å². The maximum Gasteiger partial charge on any atom is 0.149 e. The molecule has 2 heterocycles. The van der Waals surface area contributed by atoms with Crippen LogP contribution in [0.4, 0.5) is 0 Å². The Morgan fingerprint density at radius 1 is 0.540 bits per heavy atom. The van der Waals surface area contributed by atoms with E-state index in [1.165, 1.54) is 0 Å². The van der Waals surface area contributed by atoms with Crippen LogP contribution in [-0.4, -0.2) is 19.6 Å². The van der Waals surface area contributed by atoms with Crippen molar-refractivity contribution in [3.63, 3.8) is 0 Å². The second kappa shape index (κ2) is 15.8. The molecule has 0 bridgehead atoms. The largest absolute Gasteiger partial charge is 0.507 e. The third-order valence-corrected chi connectivity index (χ3v) is 11.7. The van der Waals surface area contributed by atoms with Gasteiger partial charge in [0.25, 0.3) is 0 Å². The van der Waals surface area contributed by atoms with E-state index >= 15 is 0 Å². The van der Waals surface area contributed by atoms with Crippen molar-refractivity contribution in [3.05, 3.63) is 167 Å². The highest BCUT2D eigenvalue weighted by molar-refractivity contribution is 5.97. The Kier molecular flexibility index (Phi) is 8.14. The van der Waals surface area contributed by atoms with Crippen molar-refractivity contribution in [2.45, 2.75) is 112 Å². The van der Waals surface area contributed by atoms with E-state index in [2.05, 4.69) is 114 Å². The highest BCUT2D eigenvalue weighted by atomic mass is 16.3. The van der Waals surface area contributed by atoms with Gasteiger partial charge in [-0.05, 0) is 122 Å². The van der Waals surface area contributed by atoms with E-state index in [1.54, 1.807) is 0 Å². The van der Waals surface area contributed by atoms with Crippen LogP contribution in [0.1, 0.15) is 125 Å². The number of imidazole rings is 1. The molecule has 2 aromatic heterocycles. The number of hydrogen-bond acceptors (Lipinski definition) is 3. The third kappa shape index (κ3) is 8.61. The predicted molar refractivity (Wildman–Crippen MR) is 267 cm³/mol. The van der Waals surface area contributed by atoms with E-state index in [4.69, 9.17) is 17.3 Å². The molecule has 6 aromatic carbocycles. The molecule has 0 unspecified atom stereocenters. The minimum absolute atomic E-state index is 0.0367. The molecule has 0 aliphatic heterocycles. The molecule has 320 valence electrons. The molecule has 0 spiro atoms.